The molecule has 0 aliphatic rings. The van der Waals surface area contributed by atoms with E-state index >= 15 is 0 Å². The molecule has 1 amide bonds. The fraction of sp³-hybridized carbons (Fsp3) is 0.500. The fourth-order valence-electron chi connectivity index (χ4n) is 1.80. The Bertz CT molecular complexity index is 405. The first-order chi connectivity index (χ1) is 8.58. The number of ether oxygens (including phenoxy) is 1. The van der Waals surface area contributed by atoms with Crippen molar-refractivity contribution < 1.29 is 9.53 Å². The summed E-state index contributed by atoms with van der Waals surface area (Å²) in [5.74, 6) is 0.960. The molecule has 0 bridgehead atoms. The zero-order valence-electron chi connectivity index (χ0n) is 11.6. The Kier molecular flexibility index (Phi) is 5.65. The van der Waals surface area contributed by atoms with Gasteiger partial charge in [0.2, 0.25) is 5.91 Å². The second-order valence-electron chi connectivity index (χ2n) is 4.42. The molecule has 1 rings (SSSR count). The van der Waals surface area contributed by atoms with Crippen molar-refractivity contribution in [3.63, 3.8) is 0 Å². The summed E-state index contributed by atoms with van der Waals surface area (Å²) in [7, 11) is 5.31. The summed E-state index contributed by atoms with van der Waals surface area (Å²) in [5, 5.41) is 2.98. The largest absolute Gasteiger partial charge is 0.496 e. The van der Waals surface area contributed by atoms with Crippen molar-refractivity contribution in [2.24, 2.45) is 0 Å². The van der Waals surface area contributed by atoms with Crippen molar-refractivity contribution in [2.45, 2.75) is 19.9 Å². The summed E-state index contributed by atoms with van der Waals surface area (Å²) in [4.78, 5) is 13.6. The highest BCUT2D eigenvalue weighted by atomic mass is 16.5. The first-order valence-electron chi connectivity index (χ1n) is 6.10. The van der Waals surface area contributed by atoms with Crippen LogP contribution in [0.3, 0.4) is 0 Å². The molecule has 18 heavy (non-hydrogen) atoms. The van der Waals surface area contributed by atoms with Gasteiger partial charge in [-0.15, -0.1) is 0 Å². The Morgan fingerprint density at radius 1 is 1.44 bits per heavy atom. The van der Waals surface area contributed by atoms with E-state index in [1.165, 1.54) is 5.56 Å². The SMILES string of the molecule is CNCCC(=O)N(C)Cc1cc(C)ccc1OC. The van der Waals surface area contributed by atoms with Crippen LogP contribution in [0.2, 0.25) is 0 Å². The summed E-state index contributed by atoms with van der Waals surface area (Å²) in [6, 6.07) is 6.00. The van der Waals surface area contributed by atoms with Crippen molar-refractivity contribution in [3.8, 4) is 5.75 Å². The second kappa shape index (κ2) is 7.01. The minimum absolute atomic E-state index is 0.132. The summed E-state index contributed by atoms with van der Waals surface area (Å²) >= 11 is 0. The van der Waals surface area contributed by atoms with Gasteiger partial charge in [-0.2, -0.15) is 0 Å². The van der Waals surface area contributed by atoms with E-state index in [0.717, 1.165) is 11.3 Å². The first-order valence-corrected chi connectivity index (χ1v) is 6.10. The van der Waals surface area contributed by atoms with Crippen LogP contribution in [-0.4, -0.2) is 38.6 Å². The Balaban J connectivity index is 2.71. The first kappa shape index (κ1) is 14.5. The molecule has 0 saturated heterocycles. The molecule has 1 N–H and O–H groups in total. The summed E-state index contributed by atoms with van der Waals surface area (Å²) < 4.78 is 5.31. The maximum absolute atomic E-state index is 11.8. The van der Waals surface area contributed by atoms with Crippen LogP contribution in [-0.2, 0) is 11.3 Å². The van der Waals surface area contributed by atoms with Crippen LogP contribution in [0, 0.1) is 6.92 Å². The Morgan fingerprint density at radius 3 is 2.78 bits per heavy atom. The van der Waals surface area contributed by atoms with Gasteiger partial charge in [0.15, 0.2) is 0 Å². The molecule has 0 fully saturated rings. The molecule has 4 nitrogen and oxygen atoms in total. The van der Waals surface area contributed by atoms with Crippen LogP contribution in [0.4, 0.5) is 0 Å². The molecule has 0 aromatic heterocycles. The molecular weight excluding hydrogens is 228 g/mol. The number of nitrogens with one attached hydrogen (secondary N) is 1. The molecule has 0 aliphatic carbocycles. The monoisotopic (exact) mass is 250 g/mol. The van der Waals surface area contributed by atoms with Crippen molar-refractivity contribution in [3.05, 3.63) is 29.3 Å². The Morgan fingerprint density at radius 2 is 2.17 bits per heavy atom. The molecule has 100 valence electrons. The third kappa shape index (κ3) is 4.04. The number of rotatable bonds is 6. The van der Waals surface area contributed by atoms with E-state index in [0.29, 0.717) is 19.5 Å². The number of carbonyl (C=O) groups is 1. The molecule has 1 aromatic carbocycles. The number of aryl methyl sites for hydroxylation is 1. The average molecular weight is 250 g/mol. The Labute approximate surface area is 109 Å². The van der Waals surface area contributed by atoms with Crippen LogP contribution >= 0.6 is 0 Å². The van der Waals surface area contributed by atoms with Crippen molar-refractivity contribution >= 4 is 5.91 Å². The van der Waals surface area contributed by atoms with E-state index in [1.807, 2.05) is 33.2 Å². The normalized spacial score (nSPS) is 10.2. The molecule has 0 aliphatic heterocycles. The zero-order chi connectivity index (χ0) is 13.5. The molecule has 4 heteroatoms. The predicted octanol–water partition coefficient (Wildman–Crippen LogP) is 1.57. The standard InChI is InChI=1S/C14H22N2O2/c1-11-5-6-13(18-4)12(9-11)10-16(3)14(17)7-8-15-2/h5-6,9,15H,7-8,10H2,1-4H3. The molecule has 0 spiro atoms. The lowest BCUT2D eigenvalue weighted by molar-refractivity contribution is -0.130. The fourth-order valence-corrected chi connectivity index (χ4v) is 1.80. The minimum atomic E-state index is 0.132. The van der Waals surface area contributed by atoms with E-state index in [-0.39, 0.29) is 5.91 Å². The number of methoxy groups -OCH3 is 1. The molecule has 0 heterocycles. The van der Waals surface area contributed by atoms with E-state index < -0.39 is 0 Å². The number of hydrogen-bond donors (Lipinski definition) is 1. The predicted molar refractivity (Wildman–Crippen MR) is 72.7 cm³/mol. The van der Waals surface area contributed by atoms with Gasteiger partial charge in [0, 0.05) is 32.1 Å². The van der Waals surface area contributed by atoms with Crippen LogP contribution in [0.25, 0.3) is 0 Å². The second-order valence-corrected chi connectivity index (χ2v) is 4.42. The zero-order valence-corrected chi connectivity index (χ0v) is 11.6. The highest BCUT2D eigenvalue weighted by Gasteiger charge is 2.11. The van der Waals surface area contributed by atoms with Gasteiger partial charge in [-0.1, -0.05) is 17.7 Å². The molecule has 0 unspecified atom stereocenters. The van der Waals surface area contributed by atoms with Gasteiger partial charge in [0.1, 0.15) is 5.75 Å². The van der Waals surface area contributed by atoms with E-state index in [4.69, 9.17) is 4.74 Å². The lowest BCUT2D eigenvalue weighted by Crippen LogP contribution is -2.28. The van der Waals surface area contributed by atoms with E-state index in [1.54, 1.807) is 12.0 Å². The molecule has 0 saturated carbocycles. The van der Waals surface area contributed by atoms with Crippen LogP contribution in [0.5, 0.6) is 5.75 Å². The van der Waals surface area contributed by atoms with E-state index in [2.05, 4.69) is 11.4 Å². The number of hydrogen-bond acceptors (Lipinski definition) is 3. The van der Waals surface area contributed by atoms with Crippen molar-refractivity contribution in [2.75, 3.05) is 27.7 Å². The van der Waals surface area contributed by atoms with Gasteiger partial charge in [-0.05, 0) is 20.0 Å². The van der Waals surface area contributed by atoms with Crippen LogP contribution in [0.15, 0.2) is 18.2 Å². The topological polar surface area (TPSA) is 41.6 Å². The Hall–Kier alpha value is -1.55. The van der Waals surface area contributed by atoms with Gasteiger partial charge in [0.25, 0.3) is 0 Å². The number of carbonyl (C=O) groups excluding carboxylic acids is 1. The quantitative estimate of drug-likeness (QED) is 0.833. The van der Waals surface area contributed by atoms with Gasteiger partial charge in [-0.25, -0.2) is 0 Å². The van der Waals surface area contributed by atoms with Crippen molar-refractivity contribution in [1.29, 1.82) is 0 Å². The number of nitrogens with zero attached hydrogens (tertiary/aromatic N) is 1. The lowest BCUT2D eigenvalue weighted by atomic mass is 10.1. The number of amides is 1. The molecule has 1 aromatic rings. The van der Waals surface area contributed by atoms with Crippen LogP contribution < -0.4 is 10.1 Å². The van der Waals surface area contributed by atoms with Gasteiger partial charge < -0.3 is 15.0 Å². The van der Waals surface area contributed by atoms with Crippen molar-refractivity contribution in [1.82, 2.24) is 10.2 Å². The lowest BCUT2D eigenvalue weighted by Gasteiger charge is -2.19. The maximum atomic E-state index is 11.8. The third-order valence-electron chi connectivity index (χ3n) is 2.86. The van der Waals surface area contributed by atoms with Gasteiger partial charge >= 0.3 is 0 Å². The maximum Gasteiger partial charge on any atom is 0.223 e. The smallest absolute Gasteiger partial charge is 0.223 e. The summed E-state index contributed by atoms with van der Waals surface area (Å²) in [6.07, 6.45) is 0.515. The summed E-state index contributed by atoms with van der Waals surface area (Å²) in [5.41, 5.74) is 2.21. The highest BCUT2D eigenvalue weighted by molar-refractivity contribution is 5.76. The molecular formula is C14H22N2O2. The highest BCUT2D eigenvalue weighted by Crippen LogP contribution is 2.21. The van der Waals surface area contributed by atoms with Gasteiger partial charge in [0.05, 0.1) is 7.11 Å². The van der Waals surface area contributed by atoms with Gasteiger partial charge in [-0.3, -0.25) is 4.79 Å². The minimum Gasteiger partial charge on any atom is -0.496 e. The van der Waals surface area contributed by atoms with Crippen LogP contribution in [0.1, 0.15) is 17.5 Å². The number of benzene rings is 1. The molecule has 0 radical (unpaired) electrons. The summed E-state index contributed by atoms with van der Waals surface area (Å²) in [6.45, 7) is 3.31. The van der Waals surface area contributed by atoms with E-state index in [9.17, 15) is 4.79 Å². The third-order valence-corrected chi connectivity index (χ3v) is 2.86. The molecule has 0 atom stereocenters. The average Bonchev–Trinajstić information content (AvgIpc) is 2.36.